The van der Waals surface area contributed by atoms with Crippen molar-refractivity contribution in [3.8, 4) is 5.75 Å². The van der Waals surface area contributed by atoms with Crippen LogP contribution < -0.4 is 0 Å². The maximum atomic E-state index is 9.11. The maximum Gasteiger partial charge on any atom is 0.118 e. The van der Waals surface area contributed by atoms with E-state index in [1.165, 1.54) is 24.8 Å². The number of aryl methyl sites for hydroxylation is 2. The minimum Gasteiger partial charge on any atom is -0.508 e. The first-order chi connectivity index (χ1) is 15.7. The molecule has 0 saturated carbocycles. The molecule has 2 N–H and O–H groups in total. The van der Waals surface area contributed by atoms with E-state index >= 15 is 0 Å². The van der Waals surface area contributed by atoms with E-state index in [-0.39, 0.29) is 28.4 Å². The summed E-state index contributed by atoms with van der Waals surface area (Å²) in [4.78, 5) is 1.10. The Bertz CT molecular complexity index is 553. The number of rotatable bonds is 4. The number of hydrogen-bond donors (Lipinski definition) is 4. The van der Waals surface area contributed by atoms with Gasteiger partial charge in [0.15, 0.2) is 0 Å². The normalized spacial score (nSPS) is 8.67. The van der Waals surface area contributed by atoms with Gasteiger partial charge < -0.3 is 10.2 Å². The van der Waals surface area contributed by atoms with Gasteiger partial charge in [0, 0.05) is 4.90 Å². The molecule has 2 aromatic carbocycles. The van der Waals surface area contributed by atoms with E-state index in [2.05, 4.69) is 72.9 Å². The molecule has 0 fully saturated rings. The predicted molar refractivity (Wildman–Crippen MR) is 179 cm³/mol. The van der Waals surface area contributed by atoms with Gasteiger partial charge in [-0.15, -0.1) is 12.6 Å². The molecule has 0 heterocycles. The molecule has 0 aliphatic rings. The van der Waals surface area contributed by atoms with Crippen LogP contribution in [-0.4, -0.2) is 22.1 Å². The molecule has 1 unspecified atom stereocenters. The largest absolute Gasteiger partial charge is 0.508 e. The lowest BCUT2D eigenvalue weighted by Crippen LogP contribution is -1.93. The van der Waals surface area contributed by atoms with Crippen molar-refractivity contribution in [2.45, 2.75) is 134 Å². The van der Waals surface area contributed by atoms with Gasteiger partial charge in [-0.3, -0.25) is 0 Å². The Labute approximate surface area is 240 Å². The van der Waals surface area contributed by atoms with Gasteiger partial charge in [-0.2, -0.15) is 12.6 Å². The summed E-state index contributed by atoms with van der Waals surface area (Å²) in [6.07, 6.45) is 6.39. The van der Waals surface area contributed by atoms with Crippen molar-refractivity contribution in [2.24, 2.45) is 0 Å². The van der Waals surface area contributed by atoms with Crippen LogP contribution in [0.5, 0.6) is 5.75 Å². The second kappa shape index (κ2) is 43.9. The summed E-state index contributed by atoms with van der Waals surface area (Å²) in [5, 5.41) is 17.5. The van der Waals surface area contributed by atoms with Crippen molar-refractivity contribution in [3.63, 3.8) is 0 Å². The monoisotopic (exact) mass is 546 g/mol. The summed E-state index contributed by atoms with van der Waals surface area (Å²) in [5.41, 5.74) is 2.33. The molecule has 2 rings (SSSR count). The molecular formula is C32H66O2S2. The molecule has 0 amide bonds. The molecule has 0 saturated heterocycles. The zero-order valence-electron chi connectivity index (χ0n) is 22.9. The molecule has 0 aromatic heterocycles. The molecule has 0 aliphatic heterocycles. The van der Waals surface area contributed by atoms with E-state index in [1.54, 1.807) is 13.0 Å². The molecule has 2 nitrogen and oxygen atoms in total. The topological polar surface area (TPSA) is 40.5 Å². The number of phenols is 1. The number of aliphatic hydroxyl groups excluding tert-OH is 1. The van der Waals surface area contributed by atoms with E-state index in [1.807, 2.05) is 50.2 Å². The molecule has 218 valence electrons. The molecule has 2 aromatic rings. The maximum absolute atomic E-state index is 9.11. The van der Waals surface area contributed by atoms with Crippen molar-refractivity contribution in [2.75, 3.05) is 5.75 Å². The van der Waals surface area contributed by atoms with Crippen LogP contribution in [0.15, 0.2) is 53.4 Å². The minimum absolute atomic E-state index is 0. The molecule has 0 radical (unpaired) electrons. The molecule has 0 bridgehead atoms. The van der Waals surface area contributed by atoms with Crippen LogP contribution in [0, 0.1) is 0 Å². The lowest BCUT2D eigenvalue weighted by molar-refractivity contribution is 0.191. The Morgan fingerprint density at radius 1 is 0.694 bits per heavy atom. The highest BCUT2D eigenvalue weighted by atomic mass is 32.1. The summed E-state index contributed by atoms with van der Waals surface area (Å²) in [6.45, 7) is 18.5. The number of thiol groups is 2. The fourth-order valence-corrected chi connectivity index (χ4v) is 1.94. The number of para-hydroxylation sites is 1. The Kier molecular flexibility index (Phi) is 62.9. The lowest BCUT2D eigenvalue weighted by atomic mass is 10.1. The van der Waals surface area contributed by atoms with Crippen molar-refractivity contribution in [1.82, 2.24) is 0 Å². The van der Waals surface area contributed by atoms with Crippen LogP contribution in [0.4, 0.5) is 0 Å². The first-order valence-electron chi connectivity index (χ1n) is 12.5. The van der Waals surface area contributed by atoms with E-state index in [4.69, 9.17) is 10.2 Å². The minimum atomic E-state index is -0.116. The third kappa shape index (κ3) is 43.0. The van der Waals surface area contributed by atoms with Crippen molar-refractivity contribution in [3.05, 3.63) is 59.7 Å². The molecule has 36 heavy (non-hydrogen) atoms. The zero-order chi connectivity index (χ0) is 26.5. The second-order valence-electron chi connectivity index (χ2n) is 7.36. The number of hydrogen-bond acceptors (Lipinski definition) is 4. The summed E-state index contributed by atoms with van der Waals surface area (Å²) < 4.78 is 0. The Balaban J connectivity index is -0.0000000586. The van der Waals surface area contributed by atoms with E-state index in [0.29, 0.717) is 5.75 Å². The molecule has 4 heteroatoms. The highest BCUT2D eigenvalue weighted by molar-refractivity contribution is 7.80. The van der Waals surface area contributed by atoms with Crippen LogP contribution in [0.1, 0.15) is 121 Å². The smallest absolute Gasteiger partial charge is 0.118 e. The van der Waals surface area contributed by atoms with Crippen molar-refractivity contribution < 1.29 is 10.2 Å². The highest BCUT2D eigenvalue weighted by Crippen LogP contribution is 2.15. The van der Waals surface area contributed by atoms with Crippen molar-refractivity contribution >= 4 is 25.3 Å². The standard InChI is InChI=1S/C8H10O.C8H10S.C4H10O.C3H8S.2C3H8.3CH4/c2*1-2-7-5-3-4-6-8(7)9;1-3-4(2)5;1-2-3-4;2*1-3-2;;;/h2*3-6,9H,2H2,1H3;4-5H,3H2,1-2H3;4H,2-3H2,1H3;2*3H2,1-2H3;3*1H4. The van der Waals surface area contributed by atoms with Gasteiger partial charge >= 0.3 is 0 Å². The van der Waals surface area contributed by atoms with Gasteiger partial charge in [-0.05, 0) is 61.6 Å². The number of benzene rings is 2. The molecule has 0 spiro atoms. The summed E-state index contributed by atoms with van der Waals surface area (Å²) >= 11 is 8.20. The second-order valence-corrected chi connectivity index (χ2v) is 8.29. The summed E-state index contributed by atoms with van der Waals surface area (Å²) in [5.74, 6) is 1.42. The Morgan fingerprint density at radius 3 is 1.19 bits per heavy atom. The summed E-state index contributed by atoms with van der Waals surface area (Å²) in [7, 11) is 0. The Morgan fingerprint density at radius 2 is 1.00 bits per heavy atom. The SMILES string of the molecule is C.C.C.CCC.CCC.CCC(C)O.CCCS.CCc1ccccc1O.CCc1ccccc1S. The van der Waals surface area contributed by atoms with Crippen LogP contribution in [0.25, 0.3) is 0 Å². The highest BCUT2D eigenvalue weighted by Gasteiger charge is 1.92. The Hall–Kier alpha value is -1.10. The molecule has 1 atom stereocenters. The fraction of sp³-hybridized carbons (Fsp3) is 0.625. The first kappa shape index (κ1) is 51.5. The third-order valence-corrected chi connectivity index (χ3v) is 4.44. The van der Waals surface area contributed by atoms with Crippen LogP contribution in [0.3, 0.4) is 0 Å². The third-order valence-electron chi connectivity index (χ3n) is 3.56. The predicted octanol–water partition coefficient (Wildman–Crippen LogP) is 11.3. The van der Waals surface area contributed by atoms with Gasteiger partial charge in [0.2, 0.25) is 0 Å². The van der Waals surface area contributed by atoms with Crippen LogP contribution >= 0.6 is 25.3 Å². The van der Waals surface area contributed by atoms with Crippen LogP contribution in [0.2, 0.25) is 0 Å². The van der Waals surface area contributed by atoms with Crippen molar-refractivity contribution in [1.29, 1.82) is 0 Å². The van der Waals surface area contributed by atoms with Gasteiger partial charge in [-0.25, -0.2) is 0 Å². The number of aromatic hydroxyl groups is 1. The van der Waals surface area contributed by atoms with Crippen LogP contribution in [-0.2, 0) is 12.8 Å². The first-order valence-corrected chi connectivity index (χ1v) is 13.6. The zero-order valence-corrected chi connectivity index (χ0v) is 24.7. The number of aliphatic hydroxyl groups is 1. The van der Waals surface area contributed by atoms with E-state index in [0.717, 1.165) is 35.5 Å². The van der Waals surface area contributed by atoms with Gasteiger partial charge in [0.1, 0.15) is 5.75 Å². The van der Waals surface area contributed by atoms with E-state index in [9.17, 15) is 0 Å². The quantitative estimate of drug-likeness (QED) is 0.288. The average molecular weight is 547 g/mol. The summed E-state index contributed by atoms with van der Waals surface area (Å²) in [6, 6.07) is 15.5. The van der Waals surface area contributed by atoms with Gasteiger partial charge in [-0.1, -0.05) is 127 Å². The lowest BCUT2D eigenvalue weighted by Gasteiger charge is -1.97. The average Bonchev–Trinajstić information content (AvgIpc) is 2.82. The molecular weight excluding hydrogens is 480 g/mol. The number of phenolic OH excluding ortho intramolecular Hbond substituents is 1. The fourth-order valence-electron chi connectivity index (χ4n) is 1.62. The molecule has 0 aliphatic carbocycles. The van der Waals surface area contributed by atoms with E-state index < -0.39 is 0 Å². The van der Waals surface area contributed by atoms with Gasteiger partial charge in [0.05, 0.1) is 6.10 Å². The van der Waals surface area contributed by atoms with Gasteiger partial charge in [0.25, 0.3) is 0 Å².